The lowest BCUT2D eigenvalue weighted by Gasteiger charge is -2.21. The maximum Gasteiger partial charge on any atom is 0.472 e. The topological polar surface area (TPSA) is 224 Å². The third kappa shape index (κ3) is 5.66. The molecular weight excluding hydrogens is 507 g/mol. The van der Waals surface area contributed by atoms with E-state index in [4.69, 9.17) is 18.5 Å². The summed E-state index contributed by atoms with van der Waals surface area (Å²) in [6, 6.07) is 1.10. The van der Waals surface area contributed by atoms with Crippen LogP contribution in [0.3, 0.4) is 0 Å². The van der Waals surface area contributed by atoms with E-state index in [2.05, 4.69) is 9.97 Å². The number of hydrogen-bond donors (Lipinski definition) is 5. The van der Waals surface area contributed by atoms with E-state index in [0.29, 0.717) is 0 Å². The van der Waals surface area contributed by atoms with Crippen LogP contribution in [0.1, 0.15) is 30.9 Å². The number of nitrogens with zero attached hydrogens (tertiary/aromatic N) is 2. The molecule has 198 valence electrons. The maximum absolute atomic E-state index is 12.6. The number of aliphatic hydroxyl groups excluding tert-OH is 2. The number of phosphoric ester groups is 1. The largest absolute Gasteiger partial charge is 0.472 e. The number of aromatic amines is 2. The van der Waals surface area contributed by atoms with Gasteiger partial charge in [-0.3, -0.25) is 37.7 Å². The number of aromatic nitrogens is 4. The summed E-state index contributed by atoms with van der Waals surface area (Å²) in [4.78, 5) is 61.3. The molecule has 5 N–H and O–H groups in total. The molecule has 2 aromatic rings. The molecule has 1 unspecified atom stereocenters. The highest BCUT2D eigenvalue weighted by atomic mass is 31.2. The molecule has 4 heterocycles. The zero-order valence-electron chi connectivity index (χ0n) is 18.9. The molecule has 0 spiro atoms. The van der Waals surface area contributed by atoms with Crippen LogP contribution in [-0.2, 0) is 23.1 Å². The molecule has 0 radical (unpaired) electrons. The Bertz CT molecular complexity index is 1380. The van der Waals surface area contributed by atoms with Crippen molar-refractivity contribution in [2.45, 2.75) is 56.6 Å². The van der Waals surface area contributed by atoms with E-state index in [1.807, 2.05) is 0 Å². The quantitative estimate of drug-likeness (QED) is 0.229. The third-order valence-electron chi connectivity index (χ3n) is 5.85. The normalized spacial score (nSPS) is 29.9. The lowest BCUT2D eigenvalue weighted by molar-refractivity contribution is -0.0575. The van der Waals surface area contributed by atoms with Crippen LogP contribution in [0.4, 0.5) is 0 Å². The number of nitrogens with one attached hydrogen (secondary N) is 2. The molecule has 0 bridgehead atoms. The van der Waals surface area contributed by atoms with Crippen LogP contribution in [-0.4, -0.2) is 71.8 Å². The van der Waals surface area contributed by atoms with Gasteiger partial charge in [-0.1, -0.05) is 0 Å². The summed E-state index contributed by atoms with van der Waals surface area (Å²) < 4.78 is 36.0. The van der Waals surface area contributed by atoms with Gasteiger partial charge in [0.15, 0.2) is 0 Å². The molecular formula is C19H25N4O12P. The van der Waals surface area contributed by atoms with Crippen LogP contribution in [0.25, 0.3) is 0 Å². The molecule has 0 saturated carbocycles. The Labute approximate surface area is 201 Å². The highest BCUT2D eigenvalue weighted by Gasteiger charge is 2.43. The van der Waals surface area contributed by atoms with Gasteiger partial charge in [-0.05, 0) is 6.92 Å². The zero-order chi connectivity index (χ0) is 26.2. The van der Waals surface area contributed by atoms with Crippen LogP contribution < -0.4 is 22.5 Å². The van der Waals surface area contributed by atoms with E-state index in [0.717, 1.165) is 15.2 Å². The van der Waals surface area contributed by atoms with Crippen LogP contribution in [0.5, 0.6) is 0 Å². The molecule has 2 aliphatic heterocycles. The van der Waals surface area contributed by atoms with Crippen LogP contribution in [0.15, 0.2) is 37.6 Å². The van der Waals surface area contributed by atoms with Gasteiger partial charge in [-0.15, -0.1) is 0 Å². The minimum absolute atomic E-state index is 0.0470. The van der Waals surface area contributed by atoms with Crippen molar-refractivity contribution in [2.24, 2.45) is 0 Å². The van der Waals surface area contributed by atoms with Crippen molar-refractivity contribution in [1.29, 1.82) is 0 Å². The number of ether oxygens (including phenoxy) is 2. The van der Waals surface area contributed by atoms with Crippen molar-refractivity contribution in [3.63, 3.8) is 0 Å². The Morgan fingerprint density at radius 1 is 1.08 bits per heavy atom. The second-order valence-corrected chi connectivity index (χ2v) is 9.79. The number of aryl methyl sites for hydroxylation is 1. The molecule has 2 aliphatic rings. The van der Waals surface area contributed by atoms with Crippen molar-refractivity contribution in [3.05, 3.63) is 65.7 Å². The molecule has 0 aromatic carbocycles. The Hall–Kier alpha value is -2.69. The summed E-state index contributed by atoms with van der Waals surface area (Å²) >= 11 is 0. The van der Waals surface area contributed by atoms with Crippen molar-refractivity contribution < 1.29 is 38.2 Å². The average Bonchev–Trinajstić information content (AvgIpc) is 3.37. The standard InChI is InChI=1S/C19H25N4O12P/c1-9-6-23(19(29)21-17(9)27)16-5-11(12(7-24)33-16)35-36(30,31)32-8-13-10(25)4-15(34-13)22-3-2-14(26)20-18(22)28/h2-3,6,10-13,15-16,24-25H,4-5,7-8H2,1H3,(H,30,31)(H,20,26,28)(H,21,27,29)/t10-,11+,12+,13+,15+,16+/m0/s1. The fraction of sp³-hybridized carbons (Fsp3) is 0.579. The molecule has 2 saturated heterocycles. The Kier molecular flexibility index (Phi) is 7.59. The second-order valence-electron chi connectivity index (χ2n) is 8.38. The van der Waals surface area contributed by atoms with E-state index < -0.39 is 80.4 Å². The van der Waals surface area contributed by atoms with Gasteiger partial charge in [0.1, 0.15) is 30.8 Å². The van der Waals surface area contributed by atoms with Crippen molar-refractivity contribution in [3.8, 4) is 0 Å². The molecule has 17 heteroatoms. The van der Waals surface area contributed by atoms with Gasteiger partial charge < -0.3 is 24.6 Å². The van der Waals surface area contributed by atoms with Crippen LogP contribution >= 0.6 is 7.82 Å². The molecule has 0 amide bonds. The Balaban J connectivity index is 1.38. The summed E-state index contributed by atoms with van der Waals surface area (Å²) in [5.74, 6) is 0. The van der Waals surface area contributed by atoms with Crippen molar-refractivity contribution in [2.75, 3.05) is 13.2 Å². The summed E-state index contributed by atoms with van der Waals surface area (Å²) in [5, 5.41) is 19.9. The predicted octanol–water partition coefficient (Wildman–Crippen LogP) is -2.17. The van der Waals surface area contributed by atoms with E-state index in [1.165, 1.54) is 19.3 Å². The van der Waals surface area contributed by atoms with Crippen molar-refractivity contribution in [1.82, 2.24) is 19.1 Å². The number of H-pyrrole nitrogens is 2. The Morgan fingerprint density at radius 3 is 2.44 bits per heavy atom. The number of phosphoric acid groups is 1. The molecule has 16 nitrogen and oxygen atoms in total. The molecule has 7 atom stereocenters. The predicted molar refractivity (Wildman–Crippen MR) is 118 cm³/mol. The third-order valence-corrected chi connectivity index (χ3v) is 6.87. The minimum atomic E-state index is -4.77. The van der Waals surface area contributed by atoms with E-state index >= 15 is 0 Å². The lowest BCUT2D eigenvalue weighted by Crippen LogP contribution is -2.33. The van der Waals surface area contributed by atoms with E-state index in [9.17, 15) is 38.8 Å². The fourth-order valence-corrected chi connectivity index (χ4v) is 4.97. The first-order valence-corrected chi connectivity index (χ1v) is 12.4. The first kappa shape index (κ1) is 26.4. The average molecular weight is 532 g/mol. The molecule has 2 fully saturated rings. The molecule has 2 aromatic heterocycles. The maximum atomic E-state index is 12.6. The highest BCUT2D eigenvalue weighted by molar-refractivity contribution is 7.47. The molecule has 36 heavy (non-hydrogen) atoms. The van der Waals surface area contributed by atoms with E-state index in [-0.39, 0.29) is 18.4 Å². The molecule has 0 aliphatic carbocycles. The van der Waals surface area contributed by atoms with Gasteiger partial charge in [0.2, 0.25) is 0 Å². The van der Waals surface area contributed by atoms with Gasteiger partial charge in [0, 0.05) is 36.9 Å². The molecule has 4 rings (SSSR count). The van der Waals surface area contributed by atoms with Crippen LogP contribution in [0.2, 0.25) is 0 Å². The number of rotatable bonds is 8. The number of hydrogen-bond acceptors (Lipinski definition) is 11. The highest BCUT2D eigenvalue weighted by Crippen LogP contribution is 2.48. The lowest BCUT2D eigenvalue weighted by atomic mass is 10.2. The van der Waals surface area contributed by atoms with Crippen LogP contribution in [0, 0.1) is 6.92 Å². The first-order valence-electron chi connectivity index (χ1n) is 10.9. The summed E-state index contributed by atoms with van der Waals surface area (Å²) in [6.07, 6.45) is -4.14. The first-order chi connectivity index (χ1) is 17.0. The van der Waals surface area contributed by atoms with Gasteiger partial charge in [-0.2, -0.15) is 0 Å². The summed E-state index contributed by atoms with van der Waals surface area (Å²) in [6.45, 7) is 0.301. The van der Waals surface area contributed by atoms with Gasteiger partial charge in [0.05, 0.1) is 19.3 Å². The zero-order valence-corrected chi connectivity index (χ0v) is 19.8. The minimum Gasteiger partial charge on any atom is -0.394 e. The van der Waals surface area contributed by atoms with Gasteiger partial charge in [0.25, 0.3) is 11.1 Å². The van der Waals surface area contributed by atoms with E-state index in [1.54, 1.807) is 0 Å². The smallest absolute Gasteiger partial charge is 0.394 e. The fourth-order valence-electron chi connectivity index (χ4n) is 4.01. The Morgan fingerprint density at radius 2 is 1.75 bits per heavy atom. The summed E-state index contributed by atoms with van der Waals surface area (Å²) in [7, 11) is -4.77. The van der Waals surface area contributed by atoms with Crippen molar-refractivity contribution >= 4 is 7.82 Å². The number of aliphatic hydroxyl groups is 2. The second kappa shape index (κ2) is 10.4. The van der Waals surface area contributed by atoms with Gasteiger partial charge >= 0.3 is 19.2 Å². The van der Waals surface area contributed by atoms with Gasteiger partial charge in [-0.25, -0.2) is 14.2 Å². The summed E-state index contributed by atoms with van der Waals surface area (Å²) in [5.41, 5.74) is -2.46. The SMILES string of the molecule is Cc1cn([C@H]2C[C@@H](OP(=O)(O)OC[C@H]3O[C@@H](n4ccc(=O)[nH]c4=O)C[C@@H]3O)[C@@H](CO)O2)c(=O)[nH]c1=O. The monoisotopic (exact) mass is 532 g/mol.